The minimum atomic E-state index is 0.612. The lowest BCUT2D eigenvalue weighted by molar-refractivity contribution is 1.33. The van der Waals surface area contributed by atoms with Crippen LogP contribution in [0.3, 0.4) is 0 Å². The number of benzene rings is 1. The monoisotopic (exact) mass is 202 g/mol. The minimum absolute atomic E-state index is 0.612. The quantitative estimate of drug-likeness (QED) is 0.710. The molecule has 2 heteroatoms. The highest BCUT2D eigenvalue weighted by Gasteiger charge is 2.02. The van der Waals surface area contributed by atoms with Crippen molar-refractivity contribution in [2.75, 3.05) is 5.73 Å². The van der Waals surface area contributed by atoms with Crippen LogP contribution in [0.4, 0.5) is 5.82 Å². The number of hydrogen-bond acceptors (Lipinski definition) is 2. The fourth-order valence-electron chi connectivity index (χ4n) is 1.54. The zero-order valence-electron chi connectivity index (χ0n) is 9.83. The second-order valence-corrected chi connectivity index (χ2v) is 3.30. The smallest absolute Gasteiger partial charge is 0.131 e. The highest BCUT2D eigenvalue weighted by atomic mass is 14.8. The van der Waals surface area contributed by atoms with Crippen molar-refractivity contribution >= 4 is 16.6 Å². The van der Waals surface area contributed by atoms with E-state index in [0.29, 0.717) is 5.82 Å². The molecule has 0 unspecified atom stereocenters. The van der Waals surface area contributed by atoms with Crippen molar-refractivity contribution in [3.63, 3.8) is 0 Å². The molecular weight excluding hydrogens is 184 g/mol. The molecule has 0 bridgehead atoms. The Hall–Kier alpha value is -1.57. The van der Waals surface area contributed by atoms with E-state index in [4.69, 9.17) is 5.73 Å². The van der Waals surface area contributed by atoms with Crippen molar-refractivity contribution in [3.05, 3.63) is 35.5 Å². The number of rotatable bonds is 0. The number of pyridine rings is 1. The first-order chi connectivity index (χ1) is 7.20. The molecule has 0 fully saturated rings. The summed E-state index contributed by atoms with van der Waals surface area (Å²) in [7, 11) is 0. The van der Waals surface area contributed by atoms with E-state index in [1.165, 1.54) is 16.5 Å². The Morgan fingerprint density at radius 3 is 2.33 bits per heavy atom. The van der Waals surface area contributed by atoms with Gasteiger partial charge in [-0.15, -0.1) is 0 Å². The van der Waals surface area contributed by atoms with Crippen LogP contribution in [-0.2, 0) is 0 Å². The number of fused-ring (bicyclic) bond motifs is 1. The molecule has 2 rings (SSSR count). The van der Waals surface area contributed by atoms with Gasteiger partial charge in [-0.25, -0.2) is 4.98 Å². The van der Waals surface area contributed by atoms with Gasteiger partial charge in [0.2, 0.25) is 0 Å². The van der Waals surface area contributed by atoms with Gasteiger partial charge in [-0.2, -0.15) is 0 Å². The van der Waals surface area contributed by atoms with Gasteiger partial charge < -0.3 is 5.73 Å². The lowest BCUT2D eigenvalue weighted by atomic mass is 10.0. The number of nitrogen functional groups attached to an aromatic ring is 1. The van der Waals surface area contributed by atoms with E-state index in [2.05, 4.69) is 24.9 Å². The van der Waals surface area contributed by atoms with Gasteiger partial charge in [0.05, 0.1) is 0 Å². The highest BCUT2D eigenvalue weighted by molar-refractivity contribution is 5.93. The van der Waals surface area contributed by atoms with Crippen LogP contribution in [0.25, 0.3) is 10.8 Å². The first-order valence-electron chi connectivity index (χ1n) is 5.30. The van der Waals surface area contributed by atoms with Crippen LogP contribution < -0.4 is 5.73 Å². The number of nitrogens with two attached hydrogens (primary N) is 1. The van der Waals surface area contributed by atoms with Crippen molar-refractivity contribution in [2.45, 2.75) is 27.7 Å². The van der Waals surface area contributed by atoms with E-state index in [-0.39, 0.29) is 0 Å². The summed E-state index contributed by atoms with van der Waals surface area (Å²) in [4.78, 5) is 4.06. The van der Waals surface area contributed by atoms with Crippen LogP contribution in [0, 0.1) is 13.8 Å². The zero-order chi connectivity index (χ0) is 11.4. The maximum atomic E-state index is 5.76. The van der Waals surface area contributed by atoms with E-state index in [0.717, 1.165) is 5.39 Å². The summed E-state index contributed by atoms with van der Waals surface area (Å²) < 4.78 is 0. The van der Waals surface area contributed by atoms with E-state index >= 15 is 0 Å². The molecule has 0 saturated heterocycles. The Morgan fingerprint density at radius 2 is 1.67 bits per heavy atom. The fourth-order valence-corrected chi connectivity index (χ4v) is 1.54. The molecule has 0 radical (unpaired) electrons. The zero-order valence-corrected chi connectivity index (χ0v) is 9.83. The topological polar surface area (TPSA) is 38.9 Å². The molecular formula is C13H18N2. The number of aryl methyl sites for hydroxylation is 2. The van der Waals surface area contributed by atoms with Crippen LogP contribution >= 0.6 is 0 Å². The number of nitrogens with zero attached hydrogens (tertiary/aromatic N) is 1. The molecule has 0 aliphatic rings. The van der Waals surface area contributed by atoms with Gasteiger partial charge in [0.15, 0.2) is 0 Å². The summed E-state index contributed by atoms with van der Waals surface area (Å²) in [5.74, 6) is 0.612. The maximum Gasteiger partial charge on any atom is 0.131 e. The second kappa shape index (κ2) is 4.78. The first-order valence-corrected chi connectivity index (χ1v) is 5.30. The van der Waals surface area contributed by atoms with Gasteiger partial charge in [-0.3, -0.25) is 0 Å². The molecule has 2 N–H and O–H groups in total. The summed E-state index contributed by atoms with van der Waals surface area (Å²) >= 11 is 0. The molecule has 80 valence electrons. The van der Waals surface area contributed by atoms with Gasteiger partial charge in [0.1, 0.15) is 5.82 Å². The normalized spacial score (nSPS) is 9.60. The molecule has 0 aliphatic heterocycles. The molecule has 0 atom stereocenters. The van der Waals surface area contributed by atoms with Gasteiger partial charge in [0.25, 0.3) is 0 Å². The highest BCUT2D eigenvalue weighted by Crippen LogP contribution is 2.23. The number of anilines is 1. The molecule has 0 amide bonds. The van der Waals surface area contributed by atoms with Crippen molar-refractivity contribution < 1.29 is 0 Å². The molecule has 2 aromatic rings. The Kier molecular flexibility index (Phi) is 3.67. The summed E-state index contributed by atoms with van der Waals surface area (Å²) in [5.41, 5.74) is 8.34. The van der Waals surface area contributed by atoms with Crippen LogP contribution in [0.5, 0.6) is 0 Å². The average molecular weight is 202 g/mol. The van der Waals surface area contributed by atoms with E-state index in [1.807, 2.05) is 26.0 Å². The maximum absolute atomic E-state index is 5.76. The van der Waals surface area contributed by atoms with Crippen molar-refractivity contribution in [1.29, 1.82) is 0 Å². The third-order valence-electron chi connectivity index (χ3n) is 2.52. The van der Waals surface area contributed by atoms with Gasteiger partial charge in [0, 0.05) is 11.6 Å². The van der Waals surface area contributed by atoms with Gasteiger partial charge >= 0.3 is 0 Å². The largest absolute Gasteiger partial charge is 0.383 e. The Labute approximate surface area is 91.1 Å². The minimum Gasteiger partial charge on any atom is -0.383 e. The molecule has 0 saturated carbocycles. The van der Waals surface area contributed by atoms with E-state index < -0.39 is 0 Å². The summed E-state index contributed by atoms with van der Waals surface area (Å²) in [6.07, 6.45) is 1.75. The third kappa shape index (κ3) is 2.09. The van der Waals surface area contributed by atoms with Crippen LogP contribution in [0.15, 0.2) is 24.4 Å². The van der Waals surface area contributed by atoms with Crippen LogP contribution in [0.1, 0.15) is 25.0 Å². The molecule has 0 aliphatic carbocycles. The Balaban J connectivity index is 0.000000531. The Bertz CT molecular complexity index is 461. The van der Waals surface area contributed by atoms with Crippen LogP contribution in [0.2, 0.25) is 0 Å². The lowest BCUT2D eigenvalue weighted by Crippen LogP contribution is -1.92. The molecule has 1 aromatic carbocycles. The first kappa shape index (κ1) is 11.5. The number of aromatic nitrogens is 1. The van der Waals surface area contributed by atoms with Crippen LogP contribution in [-0.4, -0.2) is 4.98 Å². The molecule has 15 heavy (non-hydrogen) atoms. The summed E-state index contributed by atoms with van der Waals surface area (Å²) in [6.45, 7) is 8.21. The van der Waals surface area contributed by atoms with Gasteiger partial charge in [-0.05, 0) is 36.4 Å². The van der Waals surface area contributed by atoms with E-state index in [9.17, 15) is 0 Å². The van der Waals surface area contributed by atoms with E-state index in [1.54, 1.807) is 6.20 Å². The second-order valence-electron chi connectivity index (χ2n) is 3.30. The Morgan fingerprint density at radius 1 is 1.00 bits per heavy atom. The summed E-state index contributed by atoms with van der Waals surface area (Å²) in [6, 6.07) is 6.11. The van der Waals surface area contributed by atoms with Crippen molar-refractivity contribution in [2.24, 2.45) is 0 Å². The standard InChI is InChI=1S/C11H12N2.C2H6/c1-7-3-4-10-9(8(7)2)5-6-13-11(10)12;1-2/h3-6H,1-2H3,(H2,12,13);1-2H3. The number of hydrogen-bond donors (Lipinski definition) is 1. The predicted molar refractivity (Wildman–Crippen MR) is 67.0 cm³/mol. The van der Waals surface area contributed by atoms with Crippen molar-refractivity contribution in [1.82, 2.24) is 4.98 Å². The molecule has 1 aromatic heterocycles. The van der Waals surface area contributed by atoms with Gasteiger partial charge in [-0.1, -0.05) is 26.0 Å². The predicted octanol–water partition coefficient (Wildman–Crippen LogP) is 3.46. The third-order valence-corrected chi connectivity index (χ3v) is 2.52. The molecule has 1 heterocycles. The SMILES string of the molecule is CC.Cc1ccc2c(N)nccc2c1C. The van der Waals surface area contributed by atoms with Crippen molar-refractivity contribution in [3.8, 4) is 0 Å². The summed E-state index contributed by atoms with van der Waals surface area (Å²) in [5, 5.41) is 2.25. The fraction of sp³-hybridized carbons (Fsp3) is 0.308. The molecule has 0 spiro atoms. The molecule has 2 nitrogen and oxygen atoms in total. The lowest BCUT2D eigenvalue weighted by Gasteiger charge is -2.06. The average Bonchev–Trinajstić information content (AvgIpc) is 2.27.